The predicted octanol–water partition coefficient (Wildman–Crippen LogP) is 13.0. The molecule has 1 aromatic heterocycles. The molecule has 11 rings (SSSR count). The Hall–Kier alpha value is -6.71. The molecule has 1 aliphatic heterocycles. The van der Waals surface area contributed by atoms with Crippen molar-refractivity contribution in [2.45, 2.75) is 25.3 Å². The lowest BCUT2D eigenvalue weighted by Crippen LogP contribution is -2.31. The van der Waals surface area contributed by atoms with Gasteiger partial charge in [-0.2, -0.15) is 0 Å². The van der Waals surface area contributed by atoms with Gasteiger partial charge in [-0.25, -0.2) is 4.99 Å². The van der Waals surface area contributed by atoms with Crippen LogP contribution in [0, 0.1) is 0 Å². The molecule has 0 saturated heterocycles. The van der Waals surface area contributed by atoms with E-state index in [-0.39, 0.29) is 11.5 Å². The van der Waals surface area contributed by atoms with E-state index in [1.165, 1.54) is 49.5 Å². The molecule has 2 aliphatic rings. The number of nitrogens with zero attached hydrogens (tertiary/aromatic N) is 1. The first kappa shape index (κ1) is 30.9. The Kier molecular flexibility index (Phi) is 6.66. The number of benzene rings is 8. The molecule has 1 atom stereocenters. The van der Waals surface area contributed by atoms with Crippen molar-refractivity contribution in [3.8, 4) is 22.3 Å². The van der Waals surface area contributed by atoms with Crippen molar-refractivity contribution in [2.24, 2.45) is 4.99 Å². The van der Waals surface area contributed by atoms with Crippen LogP contribution < -0.4 is 5.32 Å². The van der Waals surface area contributed by atoms with Gasteiger partial charge in [0.15, 0.2) is 0 Å². The zero-order valence-electron chi connectivity index (χ0n) is 30.1. The fourth-order valence-electron chi connectivity index (χ4n) is 9.01. The number of amidine groups is 1. The largest absolute Gasteiger partial charge is 0.456 e. The van der Waals surface area contributed by atoms with Gasteiger partial charge >= 0.3 is 0 Å². The average molecular weight is 693 g/mol. The normalized spacial score (nSPS) is 15.9. The van der Waals surface area contributed by atoms with E-state index in [0.717, 1.165) is 55.5 Å². The molecular formula is C51H36N2O. The maximum Gasteiger partial charge on any atom is 0.136 e. The van der Waals surface area contributed by atoms with E-state index < -0.39 is 0 Å². The van der Waals surface area contributed by atoms with Gasteiger partial charge in [-0.3, -0.25) is 0 Å². The SMILES string of the molecule is CC1(C)c2ccccc2-c2ccc(C3=CC(c4ccccc4)NC(c4ccc(-c5ccc6oc7ccc8ccccc8c7c6c5)c5ccccc45)=N3)cc21. The van der Waals surface area contributed by atoms with E-state index in [9.17, 15) is 0 Å². The van der Waals surface area contributed by atoms with Crippen LogP contribution in [-0.4, -0.2) is 5.84 Å². The third kappa shape index (κ3) is 4.65. The first-order valence-corrected chi connectivity index (χ1v) is 18.7. The second-order valence-electron chi connectivity index (χ2n) is 15.2. The molecule has 0 spiro atoms. The standard InChI is InChI=1S/C51H36N2O/c1-51(2)43-19-11-10-18-39(43)40-23-20-34(29-44(40)51)46-30-45(32-13-4-3-5-14-32)52-50(53-46)41-25-24-35(37-16-8-9-17-38(37)41)33-22-26-47-42(28-33)49-36-15-7-6-12-31(36)21-27-48(49)54-47/h3-30,45H,1-2H3,(H,52,53). The minimum Gasteiger partial charge on any atom is -0.456 e. The predicted molar refractivity (Wildman–Crippen MR) is 225 cm³/mol. The van der Waals surface area contributed by atoms with Crippen molar-refractivity contribution >= 4 is 55.0 Å². The molecule has 0 radical (unpaired) electrons. The summed E-state index contributed by atoms with van der Waals surface area (Å²) in [6, 6.07) is 59.0. The second-order valence-corrected chi connectivity index (χ2v) is 15.2. The lowest BCUT2D eigenvalue weighted by molar-refractivity contribution is 0.660. The van der Waals surface area contributed by atoms with Gasteiger partial charge < -0.3 is 9.73 Å². The van der Waals surface area contributed by atoms with Crippen LogP contribution in [0.1, 0.15) is 47.7 Å². The molecule has 8 aromatic carbocycles. The topological polar surface area (TPSA) is 37.5 Å². The van der Waals surface area contributed by atoms with Gasteiger partial charge in [0.25, 0.3) is 0 Å². The molecule has 2 heterocycles. The van der Waals surface area contributed by atoms with Crippen molar-refractivity contribution < 1.29 is 4.42 Å². The van der Waals surface area contributed by atoms with Crippen LogP contribution in [-0.2, 0) is 5.41 Å². The van der Waals surface area contributed by atoms with Gasteiger partial charge in [0, 0.05) is 27.3 Å². The molecule has 256 valence electrons. The summed E-state index contributed by atoms with van der Waals surface area (Å²) < 4.78 is 6.35. The zero-order valence-corrected chi connectivity index (χ0v) is 30.1. The Bertz CT molecular complexity index is 3050. The quantitative estimate of drug-likeness (QED) is 0.199. The second kappa shape index (κ2) is 11.6. The van der Waals surface area contributed by atoms with Crippen molar-refractivity contribution in [2.75, 3.05) is 0 Å². The summed E-state index contributed by atoms with van der Waals surface area (Å²) in [6.45, 7) is 4.67. The van der Waals surface area contributed by atoms with Crippen molar-refractivity contribution in [1.82, 2.24) is 5.32 Å². The van der Waals surface area contributed by atoms with Gasteiger partial charge in [-0.15, -0.1) is 0 Å². The van der Waals surface area contributed by atoms with Gasteiger partial charge in [-0.1, -0.05) is 153 Å². The Morgan fingerprint density at radius 2 is 1.19 bits per heavy atom. The van der Waals surface area contributed by atoms with E-state index in [0.29, 0.717) is 0 Å². The van der Waals surface area contributed by atoms with Gasteiger partial charge in [0.2, 0.25) is 0 Å². The van der Waals surface area contributed by atoms with Crippen molar-refractivity contribution in [3.05, 3.63) is 198 Å². The number of rotatable bonds is 4. The lowest BCUT2D eigenvalue weighted by Gasteiger charge is -2.26. The lowest BCUT2D eigenvalue weighted by atomic mass is 9.82. The molecule has 9 aromatic rings. The Balaban J connectivity index is 1.06. The molecule has 3 nitrogen and oxygen atoms in total. The fraction of sp³-hybridized carbons (Fsp3) is 0.0784. The third-order valence-electron chi connectivity index (χ3n) is 11.7. The fourth-order valence-corrected chi connectivity index (χ4v) is 9.01. The van der Waals surface area contributed by atoms with E-state index in [4.69, 9.17) is 9.41 Å². The van der Waals surface area contributed by atoms with Crippen LogP contribution >= 0.6 is 0 Å². The molecule has 1 N–H and O–H groups in total. The van der Waals surface area contributed by atoms with Crippen LogP contribution in [0.25, 0.3) is 71.4 Å². The van der Waals surface area contributed by atoms with Gasteiger partial charge in [0.1, 0.15) is 17.0 Å². The molecular weight excluding hydrogens is 657 g/mol. The van der Waals surface area contributed by atoms with Crippen LogP contribution in [0.15, 0.2) is 179 Å². The van der Waals surface area contributed by atoms with Crippen molar-refractivity contribution in [1.29, 1.82) is 0 Å². The molecule has 0 saturated carbocycles. The summed E-state index contributed by atoms with van der Waals surface area (Å²) in [6.07, 6.45) is 2.28. The highest BCUT2D eigenvalue weighted by Crippen LogP contribution is 2.49. The first-order valence-electron chi connectivity index (χ1n) is 18.7. The van der Waals surface area contributed by atoms with Crippen LogP contribution in [0.5, 0.6) is 0 Å². The minimum absolute atomic E-state index is 0.0443. The summed E-state index contributed by atoms with van der Waals surface area (Å²) in [5.41, 5.74) is 13.8. The Morgan fingerprint density at radius 3 is 2.06 bits per heavy atom. The number of nitrogens with one attached hydrogen (secondary N) is 1. The highest BCUT2D eigenvalue weighted by molar-refractivity contribution is 6.20. The third-order valence-corrected chi connectivity index (χ3v) is 11.7. The van der Waals surface area contributed by atoms with Crippen LogP contribution in [0.2, 0.25) is 0 Å². The average Bonchev–Trinajstić information content (AvgIpc) is 3.72. The molecule has 1 aliphatic carbocycles. The van der Waals surface area contributed by atoms with Crippen LogP contribution in [0.3, 0.4) is 0 Å². The minimum atomic E-state index is -0.0916. The monoisotopic (exact) mass is 692 g/mol. The molecule has 1 unspecified atom stereocenters. The van der Waals surface area contributed by atoms with Crippen LogP contribution in [0.4, 0.5) is 0 Å². The number of hydrogen-bond donors (Lipinski definition) is 1. The summed E-state index contributed by atoms with van der Waals surface area (Å²) in [4.78, 5) is 5.42. The summed E-state index contributed by atoms with van der Waals surface area (Å²) >= 11 is 0. The van der Waals surface area contributed by atoms with Gasteiger partial charge in [0.05, 0.1) is 11.7 Å². The maximum atomic E-state index is 6.35. The van der Waals surface area contributed by atoms with E-state index in [2.05, 4.69) is 189 Å². The molecule has 3 heteroatoms. The zero-order chi connectivity index (χ0) is 36.0. The highest BCUT2D eigenvalue weighted by Gasteiger charge is 2.35. The van der Waals surface area contributed by atoms with E-state index in [1.807, 2.05) is 0 Å². The molecule has 54 heavy (non-hydrogen) atoms. The molecule has 0 bridgehead atoms. The van der Waals surface area contributed by atoms with E-state index >= 15 is 0 Å². The molecule has 0 amide bonds. The van der Waals surface area contributed by atoms with Crippen molar-refractivity contribution in [3.63, 3.8) is 0 Å². The number of furan rings is 1. The number of hydrogen-bond acceptors (Lipinski definition) is 3. The first-order chi connectivity index (χ1) is 26.5. The summed E-state index contributed by atoms with van der Waals surface area (Å²) in [5, 5.41) is 10.9. The maximum absolute atomic E-state index is 6.35. The van der Waals surface area contributed by atoms with E-state index in [1.54, 1.807) is 0 Å². The smallest absolute Gasteiger partial charge is 0.136 e. The van der Waals surface area contributed by atoms with Gasteiger partial charge in [-0.05, 0) is 90.8 Å². The Morgan fingerprint density at radius 1 is 0.519 bits per heavy atom. The summed E-state index contributed by atoms with van der Waals surface area (Å²) in [5.74, 6) is 0.870. The number of fused-ring (bicyclic) bond motifs is 9. The Labute approximate surface area is 313 Å². The summed E-state index contributed by atoms with van der Waals surface area (Å²) in [7, 11) is 0. The number of aliphatic imine (C=N–C) groups is 1. The molecule has 0 fully saturated rings. The highest BCUT2D eigenvalue weighted by atomic mass is 16.3.